The summed E-state index contributed by atoms with van der Waals surface area (Å²) in [5.41, 5.74) is -0.393. The molecule has 0 saturated carbocycles. The van der Waals surface area contributed by atoms with Crippen molar-refractivity contribution in [2.24, 2.45) is 0 Å². The highest BCUT2D eigenvalue weighted by Gasteiger charge is 2.43. The van der Waals surface area contributed by atoms with Crippen molar-refractivity contribution in [2.45, 2.75) is 58.2 Å². The quantitative estimate of drug-likeness (QED) is 0.431. The van der Waals surface area contributed by atoms with Crippen LogP contribution >= 0.6 is 0 Å². The number of rotatable bonds is 11. The van der Waals surface area contributed by atoms with Crippen LogP contribution in [0.25, 0.3) is 6.08 Å². The minimum Gasteiger partial charge on any atom is -0.393 e. The van der Waals surface area contributed by atoms with Crippen LogP contribution in [0.15, 0.2) is 30.6 Å². The average Bonchev–Trinajstić information content (AvgIpc) is 2.59. The molecule has 0 aliphatic heterocycles. The molecule has 1 rings (SSSR count). The zero-order chi connectivity index (χ0) is 18.8. The first-order chi connectivity index (χ1) is 11.9. The van der Waals surface area contributed by atoms with Crippen molar-refractivity contribution >= 4 is 14.4 Å². The molecule has 0 aliphatic carbocycles. The summed E-state index contributed by atoms with van der Waals surface area (Å²) in [4.78, 5) is 4.10. The summed E-state index contributed by atoms with van der Waals surface area (Å²) in [6.45, 7) is 11.2. The first-order valence-electron chi connectivity index (χ1n) is 8.80. The third-order valence-corrected chi connectivity index (χ3v) is 4.10. The Morgan fingerprint density at radius 3 is 2.32 bits per heavy atom. The molecule has 0 amide bonds. The predicted octanol–water partition coefficient (Wildman–Crippen LogP) is 4.39. The first-order valence-corrected chi connectivity index (χ1v) is 12.2. The van der Waals surface area contributed by atoms with E-state index in [4.69, 9.17) is 13.9 Å². The fourth-order valence-electron chi connectivity index (χ4n) is 2.22. The second-order valence-electron chi connectivity index (χ2n) is 6.81. The van der Waals surface area contributed by atoms with Crippen LogP contribution in [0, 0.1) is 11.3 Å². The molecule has 1 atom stereocenters. The Bertz CT molecular complexity index is 558. The Balaban J connectivity index is 3.21. The van der Waals surface area contributed by atoms with Crippen LogP contribution in [0.1, 0.15) is 32.3 Å². The van der Waals surface area contributed by atoms with Crippen LogP contribution in [-0.4, -0.2) is 38.4 Å². The zero-order valence-electron chi connectivity index (χ0n) is 16.0. The van der Waals surface area contributed by atoms with Gasteiger partial charge in [-0.25, -0.2) is 0 Å². The van der Waals surface area contributed by atoms with E-state index in [0.717, 1.165) is 18.4 Å². The molecule has 1 aromatic heterocycles. The van der Waals surface area contributed by atoms with E-state index in [1.54, 1.807) is 18.5 Å². The second-order valence-corrected chi connectivity index (χ2v) is 11.2. The van der Waals surface area contributed by atoms with Crippen LogP contribution < -0.4 is 0 Å². The van der Waals surface area contributed by atoms with Gasteiger partial charge in [-0.05, 0) is 50.2 Å². The topological polar surface area (TPSA) is 64.4 Å². The Hall–Kier alpha value is -1.52. The third-order valence-electron chi connectivity index (χ3n) is 3.15. The molecule has 0 N–H and O–H groups in total. The van der Waals surface area contributed by atoms with Crippen molar-refractivity contribution < 1.29 is 13.9 Å². The molecule has 0 aliphatic rings. The van der Waals surface area contributed by atoms with Crippen LogP contribution in [-0.2, 0) is 13.9 Å². The molecule has 0 spiro atoms. The number of aromatic nitrogens is 1. The van der Waals surface area contributed by atoms with Gasteiger partial charge < -0.3 is 13.9 Å². The van der Waals surface area contributed by atoms with Gasteiger partial charge in [0.05, 0.1) is 0 Å². The lowest BCUT2D eigenvalue weighted by Gasteiger charge is -2.37. The molecule has 1 aromatic rings. The van der Waals surface area contributed by atoms with Crippen molar-refractivity contribution in [3.63, 3.8) is 0 Å². The molecular formula is C19H30N2O3Si. The van der Waals surface area contributed by atoms with Crippen LogP contribution in [0.2, 0.25) is 19.6 Å². The van der Waals surface area contributed by atoms with Gasteiger partial charge in [0, 0.05) is 25.6 Å². The van der Waals surface area contributed by atoms with Gasteiger partial charge in [-0.3, -0.25) is 4.98 Å². The fraction of sp³-hybridized carbons (Fsp3) is 0.579. The van der Waals surface area contributed by atoms with Gasteiger partial charge in [0.2, 0.25) is 11.9 Å². The summed E-state index contributed by atoms with van der Waals surface area (Å²) in [7, 11) is -2.04. The molecule has 0 bridgehead atoms. The second kappa shape index (κ2) is 10.5. The van der Waals surface area contributed by atoms with Crippen molar-refractivity contribution in [1.82, 2.24) is 4.98 Å². The van der Waals surface area contributed by atoms with Crippen molar-refractivity contribution in [3.05, 3.63) is 36.2 Å². The monoisotopic (exact) mass is 362 g/mol. The molecule has 1 unspecified atom stereocenters. The average molecular weight is 363 g/mol. The summed E-state index contributed by atoms with van der Waals surface area (Å²) in [5, 5.41) is 10.0. The van der Waals surface area contributed by atoms with Gasteiger partial charge in [0.25, 0.3) is 0 Å². The standard InChI is InChI=1S/C19H30N2O3Si/c1-6-13-22-18(23-14-7-2)19(16-20,24-25(3,4)5)11-10-17-9-8-12-21-15-17/h8-12,15,18H,6-7,13-14H2,1-5H3/b11-10+. The van der Waals surface area contributed by atoms with E-state index < -0.39 is 20.2 Å². The summed E-state index contributed by atoms with van der Waals surface area (Å²) >= 11 is 0. The predicted molar refractivity (Wildman–Crippen MR) is 102 cm³/mol. The first kappa shape index (κ1) is 21.5. The molecule has 1 heterocycles. The highest BCUT2D eigenvalue weighted by Crippen LogP contribution is 2.28. The number of nitriles is 1. The number of pyridine rings is 1. The molecule has 25 heavy (non-hydrogen) atoms. The maximum atomic E-state index is 10.0. The fourth-order valence-corrected chi connectivity index (χ4v) is 3.44. The van der Waals surface area contributed by atoms with E-state index in [9.17, 15) is 5.26 Å². The number of nitrogens with zero attached hydrogens (tertiary/aromatic N) is 2. The Labute approximate surface area is 152 Å². The summed E-state index contributed by atoms with van der Waals surface area (Å²) < 4.78 is 18.0. The van der Waals surface area contributed by atoms with Gasteiger partial charge in [0.15, 0.2) is 8.32 Å². The lowest BCUT2D eigenvalue weighted by Crippen LogP contribution is -2.51. The van der Waals surface area contributed by atoms with E-state index in [0.29, 0.717) is 13.2 Å². The zero-order valence-corrected chi connectivity index (χ0v) is 17.0. The van der Waals surface area contributed by atoms with Crippen LogP contribution in [0.5, 0.6) is 0 Å². The molecule has 138 valence electrons. The van der Waals surface area contributed by atoms with Crippen LogP contribution in [0.3, 0.4) is 0 Å². The molecule has 0 saturated heterocycles. The molecule has 5 nitrogen and oxygen atoms in total. The largest absolute Gasteiger partial charge is 0.393 e. The van der Waals surface area contributed by atoms with E-state index in [-0.39, 0.29) is 0 Å². The Morgan fingerprint density at radius 1 is 1.24 bits per heavy atom. The van der Waals surface area contributed by atoms with Crippen molar-refractivity contribution in [1.29, 1.82) is 5.26 Å². The minimum atomic E-state index is -2.04. The maximum absolute atomic E-state index is 10.0. The molecule has 0 aromatic carbocycles. The van der Waals surface area contributed by atoms with Gasteiger partial charge in [-0.2, -0.15) is 5.26 Å². The molecular weight excluding hydrogens is 332 g/mol. The number of ether oxygens (including phenoxy) is 2. The number of hydrogen-bond acceptors (Lipinski definition) is 5. The van der Waals surface area contributed by atoms with Crippen molar-refractivity contribution in [3.8, 4) is 6.07 Å². The lowest BCUT2D eigenvalue weighted by molar-refractivity contribution is -0.199. The van der Waals surface area contributed by atoms with E-state index in [2.05, 4.69) is 11.1 Å². The van der Waals surface area contributed by atoms with Gasteiger partial charge in [-0.1, -0.05) is 26.0 Å². The maximum Gasteiger partial charge on any atom is 0.215 e. The normalized spacial score (nSPS) is 14.6. The molecule has 0 radical (unpaired) electrons. The van der Waals surface area contributed by atoms with E-state index in [1.165, 1.54) is 0 Å². The SMILES string of the molecule is CCCOC(OCCC)C(C#N)(/C=C/c1cccnc1)O[Si](C)(C)C. The Kier molecular flexibility index (Phi) is 9.01. The van der Waals surface area contributed by atoms with Gasteiger partial charge in [0.1, 0.15) is 6.07 Å². The van der Waals surface area contributed by atoms with E-state index >= 15 is 0 Å². The van der Waals surface area contributed by atoms with Gasteiger partial charge in [-0.15, -0.1) is 0 Å². The van der Waals surface area contributed by atoms with E-state index in [1.807, 2.05) is 51.7 Å². The summed E-state index contributed by atoms with van der Waals surface area (Å²) in [5.74, 6) is 0. The summed E-state index contributed by atoms with van der Waals surface area (Å²) in [6, 6.07) is 6.09. The smallest absolute Gasteiger partial charge is 0.215 e. The third kappa shape index (κ3) is 7.49. The summed E-state index contributed by atoms with van der Waals surface area (Å²) in [6.07, 6.45) is 7.95. The molecule has 6 heteroatoms. The minimum absolute atomic E-state index is 0.508. The number of hydrogen-bond donors (Lipinski definition) is 0. The highest BCUT2D eigenvalue weighted by molar-refractivity contribution is 6.69. The molecule has 0 fully saturated rings. The van der Waals surface area contributed by atoms with Crippen LogP contribution in [0.4, 0.5) is 0 Å². The highest BCUT2D eigenvalue weighted by atomic mass is 28.4. The Morgan fingerprint density at radius 2 is 1.88 bits per heavy atom. The lowest BCUT2D eigenvalue weighted by atomic mass is 10.0. The van der Waals surface area contributed by atoms with Crippen molar-refractivity contribution in [2.75, 3.05) is 13.2 Å². The van der Waals surface area contributed by atoms with Gasteiger partial charge >= 0.3 is 0 Å².